The predicted octanol–water partition coefficient (Wildman–Crippen LogP) is 3.05. The van der Waals surface area contributed by atoms with Crippen molar-refractivity contribution < 1.29 is 9.59 Å². The van der Waals surface area contributed by atoms with E-state index < -0.39 is 0 Å². The van der Waals surface area contributed by atoms with Crippen LogP contribution in [-0.4, -0.2) is 50.6 Å². The van der Waals surface area contributed by atoms with Crippen molar-refractivity contribution in [1.29, 1.82) is 0 Å². The van der Waals surface area contributed by atoms with E-state index in [1.807, 2.05) is 47.6 Å². The van der Waals surface area contributed by atoms with Gasteiger partial charge in [0, 0.05) is 18.6 Å². The van der Waals surface area contributed by atoms with Crippen LogP contribution < -0.4 is 5.32 Å². The van der Waals surface area contributed by atoms with Crippen LogP contribution in [0.4, 0.5) is 0 Å². The van der Waals surface area contributed by atoms with E-state index in [0.29, 0.717) is 17.0 Å². The van der Waals surface area contributed by atoms with Gasteiger partial charge in [-0.1, -0.05) is 23.9 Å². The minimum atomic E-state index is -0.0500. The Hall–Kier alpha value is -2.02. The number of benzene rings is 1. The van der Waals surface area contributed by atoms with E-state index in [-0.39, 0.29) is 24.4 Å². The Balaban J connectivity index is 1.76. The Morgan fingerprint density at radius 2 is 2.07 bits per heavy atom. The largest absolute Gasteiger partial charge is 0.352 e. The van der Waals surface area contributed by atoms with E-state index in [1.165, 1.54) is 18.2 Å². The predicted molar refractivity (Wildman–Crippen MR) is 109 cm³/mol. The highest BCUT2D eigenvalue weighted by atomic mass is 32.2. The molecule has 1 fully saturated rings. The number of likely N-dealkylation sites (tertiary alicyclic amines) is 1. The Morgan fingerprint density at radius 3 is 2.81 bits per heavy atom. The molecule has 6 nitrogen and oxygen atoms in total. The second-order valence-electron chi connectivity index (χ2n) is 7.41. The summed E-state index contributed by atoms with van der Waals surface area (Å²) < 4.78 is 1.91. The quantitative estimate of drug-likeness (QED) is 0.773. The average molecular weight is 389 g/mol. The zero-order chi connectivity index (χ0) is 19.4. The minimum absolute atomic E-state index is 0.0500. The lowest BCUT2D eigenvalue weighted by Gasteiger charge is -2.33. The lowest BCUT2D eigenvalue weighted by atomic mass is 10.0. The number of fused-ring (bicyclic) bond motifs is 1. The number of para-hydroxylation sites is 2. The Kier molecular flexibility index (Phi) is 6.42. The van der Waals surface area contributed by atoms with Crippen molar-refractivity contribution in [1.82, 2.24) is 19.8 Å². The maximum Gasteiger partial charge on any atom is 0.240 e. The van der Waals surface area contributed by atoms with Crippen LogP contribution in [0.2, 0.25) is 0 Å². The summed E-state index contributed by atoms with van der Waals surface area (Å²) in [6.45, 7) is 7.05. The molecule has 0 bridgehead atoms. The Morgan fingerprint density at radius 1 is 1.30 bits per heavy atom. The van der Waals surface area contributed by atoms with Crippen LogP contribution in [0, 0.1) is 0 Å². The first kappa shape index (κ1) is 19.7. The van der Waals surface area contributed by atoms with E-state index >= 15 is 0 Å². The van der Waals surface area contributed by atoms with Crippen LogP contribution in [0.3, 0.4) is 0 Å². The highest BCUT2D eigenvalue weighted by molar-refractivity contribution is 7.99. The van der Waals surface area contributed by atoms with Gasteiger partial charge in [-0.05, 0) is 52.2 Å². The highest BCUT2D eigenvalue weighted by Gasteiger charge is 2.24. The van der Waals surface area contributed by atoms with Crippen LogP contribution >= 0.6 is 11.8 Å². The number of thioether (sulfide) groups is 1. The molecule has 0 saturated carbocycles. The number of aromatic nitrogens is 2. The molecule has 0 aliphatic carbocycles. The van der Waals surface area contributed by atoms with Gasteiger partial charge in [-0.2, -0.15) is 0 Å². The zero-order valence-electron chi connectivity index (χ0n) is 16.3. The summed E-state index contributed by atoms with van der Waals surface area (Å²) in [6.07, 6.45) is 3.35. The third kappa shape index (κ3) is 4.83. The molecule has 1 aromatic carbocycles. The number of carbonyl (C=O) groups is 2. The summed E-state index contributed by atoms with van der Waals surface area (Å²) in [5.41, 5.74) is 1.76. The van der Waals surface area contributed by atoms with Gasteiger partial charge in [0.1, 0.15) is 6.54 Å². The van der Waals surface area contributed by atoms with Crippen LogP contribution in [0.15, 0.2) is 29.4 Å². The Bertz CT molecular complexity index is 817. The van der Waals surface area contributed by atoms with Crippen LogP contribution in [-0.2, 0) is 16.1 Å². The molecule has 2 aromatic rings. The van der Waals surface area contributed by atoms with Gasteiger partial charge in [0.05, 0.1) is 16.8 Å². The van der Waals surface area contributed by atoms with Crippen molar-refractivity contribution in [3.8, 4) is 0 Å². The van der Waals surface area contributed by atoms with Crippen molar-refractivity contribution in [2.24, 2.45) is 0 Å². The molecule has 0 unspecified atom stereocenters. The lowest BCUT2D eigenvalue weighted by Crippen LogP contribution is -2.43. The summed E-state index contributed by atoms with van der Waals surface area (Å²) >= 11 is 1.42. The molecule has 2 heterocycles. The number of nitrogens with zero attached hydrogens (tertiary/aromatic N) is 3. The van der Waals surface area contributed by atoms with E-state index in [9.17, 15) is 9.59 Å². The van der Waals surface area contributed by atoms with E-state index in [4.69, 9.17) is 0 Å². The Labute approximate surface area is 164 Å². The fourth-order valence-electron chi connectivity index (χ4n) is 3.51. The monoisotopic (exact) mass is 388 g/mol. The first-order chi connectivity index (χ1) is 13.0. The van der Waals surface area contributed by atoms with E-state index in [2.05, 4.69) is 17.2 Å². The number of hydrogen-bond donors (Lipinski definition) is 1. The molecule has 0 spiro atoms. The average Bonchev–Trinajstić information content (AvgIpc) is 2.97. The lowest BCUT2D eigenvalue weighted by molar-refractivity contribution is -0.131. The smallest absolute Gasteiger partial charge is 0.240 e. The van der Waals surface area contributed by atoms with Crippen LogP contribution in [0.25, 0.3) is 11.0 Å². The molecule has 27 heavy (non-hydrogen) atoms. The van der Waals surface area contributed by atoms with E-state index in [1.54, 1.807) is 0 Å². The van der Waals surface area contributed by atoms with Gasteiger partial charge in [0.15, 0.2) is 5.16 Å². The molecule has 7 heteroatoms. The van der Waals surface area contributed by atoms with Gasteiger partial charge in [0.2, 0.25) is 11.8 Å². The van der Waals surface area contributed by atoms with Crippen molar-refractivity contribution >= 4 is 34.6 Å². The summed E-state index contributed by atoms with van der Waals surface area (Å²) in [4.78, 5) is 31.6. The van der Waals surface area contributed by atoms with Crippen molar-refractivity contribution in [3.05, 3.63) is 24.3 Å². The van der Waals surface area contributed by atoms with Crippen molar-refractivity contribution in [3.63, 3.8) is 0 Å². The molecule has 3 rings (SSSR count). The molecule has 1 saturated heterocycles. The summed E-state index contributed by atoms with van der Waals surface area (Å²) in [5.74, 6) is 0.447. The van der Waals surface area contributed by atoms with Gasteiger partial charge >= 0.3 is 0 Å². The second kappa shape index (κ2) is 8.78. The molecule has 146 valence electrons. The molecular formula is C20H28N4O2S. The zero-order valence-corrected chi connectivity index (χ0v) is 17.1. The molecule has 1 atom stereocenters. The minimum Gasteiger partial charge on any atom is -0.352 e. The highest BCUT2D eigenvalue weighted by Crippen LogP contribution is 2.25. The molecule has 0 radical (unpaired) electrons. The summed E-state index contributed by atoms with van der Waals surface area (Å²) in [5, 5.41) is 3.64. The molecule has 1 N–H and O–H groups in total. The normalized spacial score (nSPS) is 17.5. The first-order valence-electron chi connectivity index (χ1n) is 9.62. The maximum atomic E-state index is 12.7. The fourth-order valence-corrected chi connectivity index (χ4v) is 4.41. The number of hydrogen-bond acceptors (Lipinski definition) is 4. The van der Waals surface area contributed by atoms with Gasteiger partial charge < -0.3 is 14.8 Å². The SMILES string of the molecule is CC(C)NC(=O)Cn1c(SCC(=O)N2CCCC[C@@H]2C)nc2ccccc21. The second-order valence-corrected chi connectivity index (χ2v) is 8.35. The number of rotatable bonds is 6. The van der Waals surface area contributed by atoms with Gasteiger partial charge in [0.25, 0.3) is 0 Å². The number of amides is 2. The van der Waals surface area contributed by atoms with Crippen LogP contribution in [0.1, 0.15) is 40.0 Å². The van der Waals surface area contributed by atoms with Gasteiger partial charge in [-0.15, -0.1) is 0 Å². The first-order valence-corrected chi connectivity index (χ1v) is 10.6. The number of piperidine rings is 1. The molecular weight excluding hydrogens is 360 g/mol. The number of imidazole rings is 1. The fraction of sp³-hybridized carbons (Fsp3) is 0.550. The third-order valence-electron chi connectivity index (χ3n) is 4.82. The molecule has 1 aliphatic rings. The number of carbonyl (C=O) groups excluding carboxylic acids is 2. The van der Waals surface area contributed by atoms with Crippen LogP contribution in [0.5, 0.6) is 0 Å². The molecule has 1 aromatic heterocycles. The summed E-state index contributed by atoms with van der Waals surface area (Å²) in [6, 6.07) is 8.17. The number of nitrogens with one attached hydrogen (secondary N) is 1. The topological polar surface area (TPSA) is 67.2 Å². The van der Waals surface area contributed by atoms with E-state index in [0.717, 1.165) is 30.4 Å². The molecule has 1 aliphatic heterocycles. The molecule has 2 amide bonds. The summed E-state index contributed by atoms with van der Waals surface area (Å²) in [7, 11) is 0. The van der Waals surface area contributed by atoms with Gasteiger partial charge in [-0.25, -0.2) is 4.98 Å². The van der Waals surface area contributed by atoms with Crippen molar-refractivity contribution in [2.45, 2.75) is 63.8 Å². The standard InChI is InChI=1S/C20H28N4O2S/c1-14(2)21-18(25)12-24-17-10-5-4-9-16(17)22-20(24)27-13-19(26)23-11-7-6-8-15(23)3/h4-5,9-10,14-15H,6-8,11-13H2,1-3H3,(H,21,25)/t15-/m0/s1. The van der Waals surface area contributed by atoms with Gasteiger partial charge in [-0.3, -0.25) is 9.59 Å². The third-order valence-corrected chi connectivity index (χ3v) is 5.78. The maximum absolute atomic E-state index is 12.7. The van der Waals surface area contributed by atoms with Crippen molar-refractivity contribution in [2.75, 3.05) is 12.3 Å².